The summed E-state index contributed by atoms with van der Waals surface area (Å²) in [5.41, 5.74) is 4.44. The smallest absolute Gasteiger partial charge is 0.320 e. The van der Waals surface area contributed by atoms with Crippen molar-refractivity contribution < 1.29 is 28.0 Å². The van der Waals surface area contributed by atoms with Crippen LogP contribution >= 0.6 is 0 Å². The van der Waals surface area contributed by atoms with Crippen LogP contribution in [-0.2, 0) is 22.7 Å². The molecule has 1 aliphatic carbocycles. The second-order valence-corrected chi connectivity index (χ2v) is 12.6. The SMILES string of the molecule is CC1(C)CCC(CN2CCN(Cc3cc(F)c4c(c3)CN(C3CCC(=O)NC3=O)C4=O)C2=O)=C(c2ccc(F)cc2)C1. The summed E-state index contributed by atoms with van der Waals surface area (Å²) < 4.78 is 28.8. The summed E-state index contributed by atoms with van der Waals surface area (Å²) in [6.07, 6.45) is 3.04. The van der Waals surface area contributed by atoms with Crippen LogP contribution in [0.15, 0.2) is 42.0 Å². The first-order valence-corrected chi connectivity index (χ1v) is 14.5. The van der Waals surface area contributed by atoms with E-state index >= 15 is 4.39 Å². The van der Waals surface area contributed by atoms with E-state index in [1.807, 2.05) is 4.90 Å². The van der Waals surface area contributed by atoms with Gasteiger partial charge in [-0.3, -0.25) is 19.7 Å². The van der Waals surface area contributed by atoms with Crippen molar-refractivity contribution in [2.75, 3.05) is 19.6 Å². The molecular weight excluding hydrogens is 542 g/mol. The number of rotatable bonds is 6. The van der Waals surface area contributed by atoms with Crippen LogP contribution in [0.4, 0.5) is 13.6 Å². The molecule has 220 valence electrons. The van der Waals surface area contributed by atoms with Crippen LogP contribution in [0.2, 0.25) is 0 Å². The zero-order valence-corrected chi connectivity index (χ0v) is 23.8. The van der Waals surface area contributed by atoms with Crippen LogP contribution in [0.3, 0.4) is 0 Å². The molecule has 0 aromatic heterocycles. The minimum absolute atomic E-state index is 0.0571. The van der Waals surface area contributed by atoms with Crippen molar-refractivity contribution in [1.29, 1.82) is 0 Å². The first-order valence-electron chi connectivity index (χ1n) is 14.5. The largest absolute Gasteiger partial charge is 0.322 e. The van der Waals surface area contributed by atoms with Gasteiger partial charge < -0.3 is 14.7 Å². The highest BCUT2D eigenvalue weighted by atomic mass is 19.1. The van der Waals surface area contributed by atoms with E-state index in [2.05, 4.69) is 19.2 Å². The molecule has 1 N–H and O–H groups in total. The maximum Gasteiger partial charge on any atom is 0.320 e. The number of benzene rings is 2. The van der Waals surface area contributed by atoms with Crippen LogP contribution in [-0.4, -0.2) is 64.1 Å². The zero-order valence-electron chi connectivity index (χ0n) is 23.8. The van der Waals surface area contributed by atoms with Crippen molar-refractivity contribution in [1.82, 2.24) is 20.0 Å². The Morgan fingerprint density at radius 2 is 1.67 bits per heavy atom. The highest BCUT2D eigenvalue weighted by molar-refractivity contribution is 6.05. The third-order valence-electron chi connectivity index (χ3n) is 8.95. The number of hydrogen-bond acceptors (Lipinski definition) is 4. The van der Waals surface area contributed by atoms with Crippen LogP contribution in [0.1, 0.15) is 73.0 Å². The van der Waals surface area contributed by atoms with Gasteiger partial charge in [0.2, 0.25) is 11.8 Å². The number of nitrogens with one attached hydrogen (secondary N) is 1. The highest BCUT2D eigenvalue weighted by Gasteiger charge is 2.41. The Kier molecular flexibility index (Phi) is 7.11. The molecule has 0 radical (unpaired) electrons. The topological polar surface area (TPSA) is 90.0 Å². The van der Waals surface area contributed by atoms with Crippen LogP contribution in [0.25, 0.3) is 5.57 Å². The lowest BCUT2D eigenvalue weighted by atomic mass is 9.72. The monoisotopic (exact) mass is 576 g/mol. The first-order chi connectivity index (χ1) is 20.0. The fourth-order valence-electron chi connectivity index (χ4n) is 6.65. The van der Waals surface area contributed by atoms with Gasteiger partial charge in [-0.05, 0) is 77.1 Å². The Labute approximate surface area is 243 Å². The Hall–Kier alpha value is -4.08. The lowest BCUT2D eigenvalue weighted by Gasteiger charge is -2.35. The number of allylic oxidation sites excluding steroid dienone is 1. The maximum absolute atomic E-state index is 15.2. The second kappa shape index (κ2) is 10.6. The predicted molar refractivity (Wildman–Crippen MR) is 151 cm³/mol. The number of amides is 5. The Bertz CT molecular complexity index is 1520. The van der Waals surface area contributed by atoms with Gasteiger partial charge in [0.15, 0.2) is 0 Å². The Balaban J connectivity index is 1.16. The summed E-state index contributed by atoms with van der Waals surface area (Å²) in [6.45, 7) is 6.24. The summed E-state index contributed by atoms with van der Waals surface area (Å²) in [5.74, 6) is -2.45. The molecule has 4 aliphatic rings. The quantitative estimate of drug-likeness (QED) is 0.508. The molecule has 10 heteroatoms. The summed E-state index contributed by atoms with van der Waals surface area (Å²) in [7, 11) is 0. The van der Waals surface area contributed by atoms with Crippen LogP contribution in [0.5, 0.6) is 0 Å². The zero-order chi connectivity index (χ0) is 29.8. The molecule has 6 rings (SSSR count). The highest BCUT2D eigenvalue weighted by Crippen LogP contribution is 2.43. The Morgan fingerprint density at radius 1 is 0.952 bits per heavy atom. The van der Waals surface area contributed by atoms with Gasteiger partial charge in [-0.1, -0.05) is 32.0 Å². The number of fused-ring (bicyclic) bond motifs is 1. The molecule has 42 heavy (non-hydrogen) atoms. The van der Waals surface area contributed by atoms with Crippen molar-refractivity contribution >= 4 is 29.3 Å². The third-order valence-corrected chi connectivity index (χ3v) is 8.95. The number of carbonyl (C=O) groups is 4. The maximum atomic E-state index is 15.2. The number of imide groups is 1. The molecule has 2 aromatic carbocycles. The van der Waals surface area contributed by atoms with Crippen LogP contribution in [0, 0.1) is 17.0 Å². The van der Waals surface area contributed by atoms with E-state index in [4.69, 9.17) is 0 Å². The summed E-state index contributed by atoms with van der Waals surface area (Å²) >= 11 is 0. The molecular formula is C32H34F2N4O4. The number of piperidine rings is 1. The van der Waals surface area contributed by atoms with Crippen molar-refractivity contribution in [2.24, 2.45) is 5.41 Å². The van der Waals surface area contributed by atoms with Gasteiger partial charge in [0.1, 0.15) is 17.7 Å². The average molecular weight is 577 g/mol. The average Bonchev–Trinajstić information content (AvgIpc) is 3.44. The van der Waals surface area contributed by atoms with E-state index in [0.29, 0.717) is 30.8 Å². The second-order valence-electron chi connectivity index (χ2n) is 12.6. The van der Waals surface area contributed by atoms with E-state index in [9.17, 15) is 23.6 Å². The molecule has 0 bridgehead atoms. The molecule has 0 spiro atoms. The molecule has 3 aliphatic heterocycles. The molecule has 1 unspecified atom stereocenters. The minimum atomic E-state index is -0.821. The minimum Gasteiger partial charge on any atom is -0.322 e. The van der Waals surface area contributed by atoms with Crippen LogP contribution < -0.4 is 5.32 Å². The molecule has 1 atom stereocenters. The Morgan fingerprint density at radius 3 is 2.38 bits per heavy atom. The molecule has 2 saturated heterocycles. The normalized spacial score (nSPS) is 22.3. The molecule has 8 nitrogen and oxygen atoms in total. The lowest BCUT2D eigenvalue weighted by Crippen LogP contribution is -2.52. The number of nitrogens with zero attached hydrogens (tertiary/aromatic N) is 3. The first kappa shape index (κ1) is 28.1. The molecule has 5 amide bonds. The fourth-order valence-corrected chi connectivity index (χ4v) is 6.65. The van der Waals surface area contributed by atoms with E-state index < -0.39 is 23.7 Å². The lowest BCUT2D eigenvalue weighted by molar-refractivity contribution is -0.136. The van der Waals surface area contributed by atoms with Crippen molar-refractivity contribution in [2.45, 2.75) is 65.1 Å². The van der Waals surface area contributed by atoms with Gasteiger partial charge in [-0.25, -0.2) is 13.6 Å². The van der Waals surface area contributed by atoms with E-state index in [1.165, 1.54) is 34.2 Å². The molecule has 2 fully saturated rings. The molecule has 0 saturated carbocycles. The van der Waals surface area contributed by atoms with E-state index in [-0.39, 0.29) is 54.7 Å². The summed E-state index contributed by atoms with van der Waals surface area (Å²) in [5, 5.41) is 2.25. The number of halogens is 2. The molecule has 3 heterocycles. The van der Waals surface area contributed by atoms with Gasteiger partial charge in [0.05, 0.1) is 5.56 Å². The third kappa shape index (κ3) is 5.30. The molecule has 2 aromatic rings. The van der Waals surface area contributed by atoms with Gasteiger partial charge in [0.25, 0.3) is 5.91 Å². The summed E-state index contributed by atoms with van der Waals surface area (Å²) in [6, 6.07) is 8.62. The van der Waals surface area contributed by atoms with E-state index in [0.717, 1.165) is 24.8 Å². The van der Waals surface area contributed by atoms with E-state index in [1.54, 1.807) is 23.1 Å². The van der Waals surface area contributed by atoms with Crippen molar-refractivity contribution in [3.05, 3.63) is 75.9 Å². The van der Waals surface area contributed by atoms with Crippen molar-refractivity contribution in [3.63, 3.8) is 0 Å². The van der Waals surface area contributed by atoms with Gasteiger partial charge in [-0.2, -0.15) is 0 Å². The van der Waals surface area contributed by atoms with Gasteiger partial charge in [-0.15, -0.1) is 0 Å². The van der Waals surface area contributed by atoms with Crippen molar-refractivity contribution in [3.8, 4) is 0 Å². The predicted octanol–water partition coefficient (Wildman–Crippen LogP) is 4.63. The number of hydrogen-bond donors (Lipinski definition) is 1. The standard InChI is InChI=1S/C32H34F2N4O4/c1-32(2)10-9-21(24(15-32)20-3-5-23(33)6-4-20)17-37-12-11-36(31(37)42)16-19-13-22-18-38(30(41)28(22)25(34)14-19)26-7-8-27(39)35-29(26)40/h3-6,13-14,26H,7-12,15-18H2,1-2H3,(H,35,39,40). The number of urea groups is 1. The van der Waals surface area contributed by atoms with Gasteiger partial charge in [0, 0.05) is 39.1 Å². The fraction of sp³-hybridized carbons (Fsp3) is 0.438. The van der Waals surface area contributed by atoms with Gasteiger partial charge >= 0.3 is 6.03 Å². The summed E-state index contributed by atoms with van der Waals surface area (Å²) in [4.78, 5) is 55.1. The number of carbonyl (C=O) groups excluding carboxylic acids is 4.